The van der Waals surface area contributed by atoms with Crippen LogP contribution in [-0.2, 0) is 11.2 Å². The second kappa shape index (κ2) is 6.18. The van der Waals surface area contributed by atoms with E-state index in [2.05, 4.69) is 11.9 Å². The summed E-state index contributed by atoms with van der Waals surface area (Å²) in [6, 6.07) is 5.44. The van der Waals surface area contributed by atoms with E-state index in [1.165, 1.54) is 0 Å². The number of esters is 1. The van der Waals surface area contributed by atoms with Crippen LogP contribution in [0, 0.1) is 0 Å². The van der Waals surface area contributed by atoms with Gasteiger partial charge in [0, 0.05) is 5.56 Å². The molecule has 0 amide bonds. The summed E-state index contributed by atoms with van der Waals surface area (Å²) in [5.41, 5.74) is 3.05. The van der Waals surface area contributed by atoms with Gasteiger partial charge >= 0.3 is 5.97 Å². The summed E-state index contributed by atoms with van der Waals surface area (Å²) in [6.45, 7) is 4.22. The van der Waals surface area contributed by atoms with Crippen molar-refractivity contribution in [2.75, 3.05) is 6.61 Å². The van der Waals surface area contributed by atoms with Crippen LogP contribution in [0.5, 0.6) is 0 Å². The highest BCUT2D eigenvalue weighted by Gasteiger charge is 2.14. The van der Waals surface area contributed by atoms with Gasteiger partial charge in [0.2, 0.25) is 0 Å². The molecule has 0 saturated carbocycles. The monoisotopic (exact) mass is 259 g/mol. The summed E-state index contributed by atoms with van der Waals surface area (Å²) >= 11 is 0. The molecule has 4 heteroatoms. The maximum Gasteiger partial charge on any atom is 0.339 e. The highest BCUT2D eigenvalue weighted by Crippen LogP contribution is 2.21. The minimum absolute atomic E-state index is 0.308. The lowest BCUT2D eigenvalue weighted by molar-refractivity contribution is 0.0524. The van der Waals surface area contributed by atoms with Crippen LogP contribution in [0.2, 0.25) is 0 Å². The molecule has 0 saturated heterocycles. The van der Waals surface area contributed by atoms with Gasteiger partial charge in [-0.05, 0) is 31.5 Å². The lowest BCUT2D eigenvalue weighted by atomic mass is 10.1. The van der Waals surface area contributed by atoms with Crippen molar-refractivity contribution >= 4 is 5.97 Å². The number of pyridine rings is 1. The average molecular weight is 259 g/mol. The van der Waals surface area contributed by atoms with Gasteiger partial charge in [-0.2, -0.15) is 0 Å². The normalized spacial score (nSPS) is 10.4. The third-order valence-corrected chi connectivity index (χ3v) is 2.77. The molecule has 0 atom stereocenters. The van der Waals surface area contributed by atoms with E-state index in [0.717, 1.165) is 29.8 Å². The zero-order chi connectivity index (χ0) is 13.7. The Labute approximate surface area is 112 Å². The molecule has 0 aliphatic heterocycles. The van der Waals surface area contributed by atoms with Gasteiger partial charge in [0.25, 0.3) is 0 Å². The fraction of sp³-hybridized carbons (Fsp3) is 0.333. The van der Waals surface area contributed by atoms with E-state index >= 15 is 0 Å². The number of carbonyl (C=O) groups is 1. The van der Waals surface area contributed by atoms with Crippen molar-refractivity contribution in [2.45, 2.75) is 26.7 Å². The van der Waals surface area contributed by atoms with Crippen LogP contribution in [0.15, 0.2) is 35.1 Å². The lowest BCUT2D eigenvalue weighted by Crippen LogP contribution is -2.10. The highest BCUT2D eigenvalue weighted by molar-refractivity contribution is 5.91. The Balaban J connectivity index is 2.37. The summed E-state index contributed by atoms with van der Waals surface area (Å²) < 4.78 is 10.1. The van der Waals surface area contributed by atoms with Crippen LogP contribution < -0.4 is 0 Å². The molecule has 0 N–H and O–H groups in total. The molecule has 0 unspecified atom stereocenters. The van der Waals surface area contributed by atoms with Gasteiger partial charge in [0.05, 0.1) is 36.1 Å². The number of nitrogens with zero attached hydrogens (tertiary/aromatic N) is 1. The zero-order valence-electron chi connectivity index (χ0n) is 11.2. The van der Waals surface area contributed by atoms with Crippen LogP contribution >= 0.6 is 0 Å². The Hall–Kier alpha value is -2.10. The number of ether oxygens (including phenoxy) is 1. The van der Waals surface area contributed by atoms with Crippen LogP contribution in [0.3, 0.4) is 0 Å². The number of rotatable bonds is 5. The van der Waals surface area contributed by atoms with Crippen molar-refractivity contribution in [3.05, 3.63) is 42.0 Å². The Morgan fingerprint density at radius 1 is 1.32 bits per heavy atom. The molecule has 0 bridgehead atoms. The lowest BCUT2D eigenvalue weighted by Gasteiger charge is -2.09. The zero-order valence-corrected chi connectivity index (χ0v) is 11.2. The largest absolute Gasteiger partial charge is 0.472 e. The van der Waals surface area contributed by atoms with Crippen molar-refractivity contribution in [2.24, 2.45) is 0 Å². The highest BCUT2D eigenvalue weighted by atomic mass is 16.5. The fourth-order valence-corrected chi connectivity index (χ4v) is 1.89. The quantitative estimate of drug-likeness (QED) is 0.771. The second-order valence-corrected chi connectivity index (χ2v) is 4.17. The number of hydrogen-bond acceptors (Lipinski definition) is 4. The maximum absolute atomic E-state index is 11.9. The Morgan fingerprint density at radius 2 is 2.16 bits per heavy atom. The molecule has 0 fully saturated rings. The molecule has 0 aromatic carbocycles. The molecule has 2 aromatic rings. The number of hydrogen-bond donors (Lipinski definition) is 0. The molecule has 2 heterocycles. The molecule has 2 aromatic heterocycles. The van der Waals surface area contributed by atoms with E-state index in [9.17, 15) is 4.79 Å². The minimum Gasteiger partial charge on any atom is -0.472 e. The summed E-state index contributed by atoms with van der Waals surface area (Å²) in [5, 5.41) is 0. The topological polar surface area (TPSA) is 52.3 Å². The van der Waals surface area contributed by atoms with E-state index in [1.54, 1.807) is 25.5 Å². The standard InChI is InChI=1S/C15H17NO3/c1-3-5-14-12(15(17)19-4-2)6-7-13(16-14)11-8-9-18-10-11/h6-10H,3-5H2,1-2H3. The summed E-state index contributed by atoms with van der Waals surface area (Å²) in [5.74, 6) is -0.308. The molecule has 0 spiro atoms. The van der Waals surface area contributed by atoms with E-state index in [0.29, 0.717) is 12.2 Å². The van der Waals surface area contributed by atoms with Crippen LogP contribution in [-0.4, -0.2) is 17.6 Å². The van der Waals surface area contributed by atoms with Crippen LogP contribution in [0.25, 0.3) is 11.3 Å². The first kappa shape index (κ1) is 13.3. The summed E-state index contributed by atoms with van der Waals surface area (Å²) in [7, 11) is 0. The SMILES string of the molecule is CCCc1nc(-c2ccoc2)ccc1C(=O)OCC. The second-order valence-electron chi connectivity index (χ2n) is 4.17. The van der Waals surface area contributed by atoms with Crippen molar-refractivity contribution in [3.8, 4) is 11.3 Å². The third kappa shape index (κ3) is 3.02. The first-order valence-corrected chi connectivity index (χ1v) is 6.45. The van der Waals surface area contributed by atoms with Crippen molar-refractivity contribution in [1.29, 1.82) is 0 Å². The number of furan rings is 1. The Morgan fingerprint density at radius 3 is 2.79 bits per heavy atom. The van der Waals surface area contributed by atoms with Crippen molar-refractivity contribution in [3.63, 3.8) is 0 Å². The number of aromatic nitrogens is 1. The van der Waals surface area contributed by atoms with Gasteiger partial charge in [-0.3, -0.25) is 4.98 Å². The predicted molar refractivity (Wildman–Crippen MR) is 71.9 cm³/mol. The molecule has 2 rings (SSSR count). The first-order valence-electron chi connectivity index (χ1n) is 6.45. The molecule has 19 heavy (non-hydrogen) atoms. The van der Waals surface area contributed by atoms with E-state index in [1.807, 2.05) is 12.1 Å². The van der Waals surface area contributed by atoms with E-state index < -0.39 is 0 Å². The maximum atomic E-state index is 11.9. The van der Waals surface area contributed by atoms with Gasteiger partial charge in [0.1, 0.15) is 0 Å². The summed E-state index contributed by atoms with van der Waals surface area (Å²) in [6.07, 6.45) is 4.92. The molecule has 0 radical (unpaired) electrons. The van der Waals surface area contributed by atoms with Crippen molar-refractivity contribution < 1.29 is 13.9 Å². The van der Waals surface area contributed by atoms with Gasteiger partial charge in [-0.15, -0.1) is 0 Å². The van der Waals surface area contributed by atoms with E-state index in [4.69, 9.17) is 9.15 Å². The minimum atomic E-state index is -0.308. The molecular weight excluding hydrogens is 242 g/mol. The molecule has 4 nitrogen and oxygen atoms in total. The Kier molecular flexibility index (Phi) is 4.34. The predicted octanol–water partition coefficient (Wildman–Crippen LogP) is 3.47. The van der Waals surface area contributed by atoms with Gasteiger partial charge in [-0.1, -0.05) is 13.3 Å². The average Bonchev–Trinajstić information content (AvgIpc) is 2.93. The Bertz CT molecular complexity index is 547. The van der Waals surface area contributed by atoms with Crippen molar-refractivity contribution in [1.82, 2.24) is 4.98 Å². The van der Waals surface area contributed by atoms with Crippen LogP contribution in [0.1, 0.15) is 36.3 Å². The van der Waals surface area contributed by atoms with Gasteiger partial charge in [0.15, 0.2) is 0 Å². The van der Waals surface area contributed by atoms with Gasteiger partial charge in [-0.25, -0.2) is 4.79 Å². The smallest absolute Gasteiger partial charge is 0.339 e. The van der Waals surface area contributed by atoms with E-state index in [-0.39, 0.29) is 5.97 Å². The molecule has 0 aliphatic carbocycles. The van der Waals surface area contributed by atoms with Gasteiger partial charge < -0.3 is 9.15 Å². The number of aryl methyl sites for hydroxylation is 1. The first-order chi connectivity index (χ1) is 9.26. The summed E-state index contributed by atoms with van der Waals surface area (Å²) in [4.78, 5) is 16.4. The molecule has 100 valence electrons. The third-order valence-electron chi connectivity index (χ3n) is 2.77. The molecular formula is C15H17NO3. The molecule has 0 aliphatic rings. The number of carbonyl (C=O) groups excluding carboxylic acids is 1. The fourth-order valence-electron chi connectivity index (χ4n) is 1.89. The van der Waals surface area contributed by atoms with Crippen LogP contribution in [0.4, 0.5) is 0 Å².